The molecule has 3 nitrogen and oxygen atoms in total. The quantitative estimate of drug-likeness (QED) is 0.602. The van der Waals surface area contributed by atoms with Crippen LogP contribution < -0.4 is 5.32 Å². The highest BCUT2D eigenvalue weighted by Crippen LogP contribution is 2.05. The van der Waals surface area contributed by atoms with E-state index in [1.54, 1.807) is 6.92 Å². The van der Waals surface area contributed by atoms with Crippen LogP contribution in [-0.2, 0) is 4.79 Å². The predicted octanol–water partition coefficient (Wildman–Crippen LogP) is 0.840. The van der Waals surface area contributed by atoms with Crippen molar-refractivity contribution in [3.63, 3.8) is 0 Å². The lowest BCUT2D eigenvalue weighted by Crippen LogP contribution is -2.39. The molecule has 3 heteroatoms. The van der Waals surface area contributed by atoms with Crippen LogP contribution >= 0.6 is 0 Å². The summed E-state index contributed by atoms with van der Waals surface area (Å²) >= 11 is 0. The molecule has 0 aromatic heterocycles. The largest absolute Gasteiger partial charge is 0.388 e. The van der Waals surface area contributed by atoms with E-state index in [1.807, 2.05) is 6.92 Å². The van der Waals surface area contributed by atoms with Gasteiger partial charge in [0.15, 0.2) is 0 Å². The number of carbonyl (C=O) groups is 1. The highest BCUT2D eigenvalue weighted by Gasteiger charge is 2.17. The molecule has 0 rings (SSSR count). The lowest BCUT2D eigenvalue weighted by atomic mass is 10.0. The molecule has 0 saturated carbocycles. The first-order chi connectivity index (χ1) is 5.52. The number of nitrogens with one attached hydrogen (secondary N) is 1. The van der Waals surface area contributed by atoms with Gasteiger partial charge in [-0.3, -0.25) is 4.79 Å². The number of carbonyl (C=O) groups excluding carboxylic acids is 1. The zero-order valence-electron chi connectivity index (χ0n) is 7.76. The predicted molar refractivity (Wildman–Crippen MR) is 48.7 cm³/mol. The average molecular weight is 171 g/mol. The van der Waals surface area contributed by atoms with Gasteiger partial charge in [0.2, 0.25) is 5.91 Å². The van der Waals surface area contributed by atoms with Crippen molar-refractivity contribution in [2.45, 2.75) is 32.3 Å². The van der Waals surface area contributed by atoms with Gasteiger partial charge < -0.3 is 10.4 Å². The normalized spacial score (nSPS) is 14.9. The minimum atomic E-state index is -0.795. The summed E-state index contributed by atoms with van der Waals surface area (Å²) in [7, 11) is 0. The zero-order valence-corrected chi connectivity index (χ0v) is 7.76. The Bertz CT molecular complexity index is 164. The molecule has 1 atom stereocenters. The van der Waals surface area contributed by atoms with Gasteiger partial charge in [0.1, 0.15) is 0 Å². The summed E-state index contributed by atoms with van der Waals surface area (Å²) in [6.07, 6.45) is 2.47. The Hall–Kier alpha value is -0.830. The topological polar surface area (TPSA) is 49.3 Å². The lowest BCUT2D eigenvalue weighted by Gasteiger charge is -2.21. The first-order valence-electron chi connectivity index (χ1n) is 4.12. The van der Waals surface area contributed by atoms with Crippen LogP contribution in [0.15, 0.2) is 12.7 Å². The van der Waals surface area contributed by atoms with E-state index in [2.05, 4.69) is 11.9 Å². The van der Waals surface area contributed by atoms with Crippen LogP contribution in [-0.4, -0.2) is 23.2 Å². The number of amides is 1. The molecule has 0 aliphatic heterocycles. The molecular weight excluding hydrogens is 154 g/mol. The molecule has 0 aromatic rings. The third-order valence-corrected chi connectivity index (χ3v) is 1.76. The third-order valence-electron chi connectivity index (χ3n) is 1.76. The molecular formula is C9H17NO2. The number of aliphatic hydroxyl groups is 1. The van der Waals surface area contributed by atoms with Gasteiger partial charge in [-0.05, 0) is 13.3 Å². The van der Waals surface area contributed by atoms with Gasteiger partial charge in [0.05, 0.1) is 5.60 Å². The van der Waals surface area contributed by atoms with Gasteiger partial charge >= 0.3 is 0 Å². The molecule has 0 radical (unpaired) electrons. The van der Waals surface area contributed by atoms with Crippen LogP contribution in [0.25, 0.3) is 0 Å². The van der Waals surface area contributed by atoms with E-state index in [0.717, 1.165) is 0 Å². The minimum absolute atomic E-state index is 0.0984. The molecule has 1 amide bonds. The first kappa shape index (κ1) is 11.2. The van der Waals surface area contributed by atoms with E-state index < -0.39 is 5.60 Å². The van der Waals surface area contributed by atoms with Gasteiger partial charge in [-0.25, -0.2) is 0 Å². The summed E-state index contributed by atoms with van der Waals surface area (Å²) in [6.45, 7) is 7.31. The third kappa shape index (κ3) is 4.91. The van der Waals surface area contributed by atoms with Crippen LogP contribution in [0.1, 0.15) is 26.7 Å². The lowest BCUT2D eigenvalue weighted by molar-refractivity contribution is -0.121. The van der Waals surface area contributed by atoms with Crippen molar-refractivity contribution in [1.82, 2.24) is 5.32 Å². The highest BCUT2D eigenvalue weighted by atomic mass is 16.3. The maximum atomic E-state index is 10.9. The summed E-state index contributed by atoms with van der Waals surface area (Å²) in [5.41, 5.74) is -0.795. The smallest absolute Gasteiger partial charge is 0.223 e. The number of hydrogen-bond donors (Lipinski definition) is 2. The molecule has 0 aromatic carbocycles. The summed E-state index contributed by atoms with van der Waals surface area (Å²) < 4.78 is 0. The molecule has 0 bridgehead atoms. The Morgan fingerprint density at radius 3 is 2.75 bits per heavy atom. The Labute approximate surface area is 73.5 Å². The molecule has 70 valence electrons. The van der Waals surface area contributed by atoms with Crippen LogP contribution in [0.5, 0.6) is 0 Å². The van der Waals surface area contributed by atoms with E-state index in [1.165, 1.54) is 6.08 Å². The highest BCUT2D eigenvalue weighted by molar-refractivity contribution is 5.77. The standard InChI is InChI=1S/C9H17NO2/c1-4-6-8(11)10-7-9(3,12)5-2/h4,12H,1,5-7H2,2-3H3,(H,10,11). The second-order valence-electron chi connectivity index (χ2n) is 3.12. The van der Waals surface area contributed by atoms with Crippen LogP contribution in [0.3, 0.4) is 0 Å². The van der Waals surface area contributed by atoms with Gasteiger partial charge in [0.25, 0.3) is 0 Å². The van der Waals surface area contributed by atoms with Crippen LogP contribution in [0.4, 0.5) is 0 Å². The molecule has 1 unspecified atom stereocenters. The van der Waals surface area contributed by atoms with Gasteiger partial charge in [-0.1, -0.05) is 13.0 Å². The minimum Gasteiger partial charge on any atom is -0.388 e. The Balaban J connectivity index is 3.67. The van der Waals surface area contributed by atoms with Crippen molar-refractivity contribution in [3.8, 4) is 0 Å². The van der Waals surface area contributed by atoms with Crippen molar-refractivity contribution < 1.29 is 9.90 Å². The van der Waals surface area contributed by atoms with Crippen LogP contribution in [0.2, 0.25) is 0 Å². The van der Waals surface area contributed by atoms with Gasteiger partial charge in [-0.15, -0.1) is 6.58 Å². The van der Waals surface area contributed by atoms with Crippen LogP contribution in [0, 0.1) is 0 Å². The molecule has 0 aliphatic rings. The molecule has 0 heterocycles. The fourth-order valence-electron chi connectivity index (χ4n) is 0.617. The SMILES string of the molecule is C=CCC(=O)NCC(C)(O)CC. The molecule has 0 aliphatic carbocycles. The van der Waals surface area contributed by atoms with Crippen molar-refractivity contribution in [3.05, 3.63) is 12.7 Å². The molecule has 0 spiro atoms. The number of rotatable bonds is 5. The Morgan fingerprint density at radius 2 is 2.33 bits per heavy atom. The van der Waals surface area contributed by atoms with E-state index in [9.17, 15) is 9.90 Å². The van der Waals surface area contributed by atoms with E-state index in [0.29, 0.717) is 19.4 Å². The van der Waals surface area contributed by atoms with Gasteiger partial charge in [-0.2, -0.15) is 0 Å². The van der Waals surface area contributed by atoms with E-state index in [4.69, 9.17) is 0 Å². The van der Waals surface area contributed by atoms with Crippen molar-refractivity contribution in [2.75, 3.05) is 6.54 Å². The van der Waals surface area contributed by atoms with Crippen molar-refractivity contribution >= 4 is 5.91 Å². The molecule has 2 N–H and O–H groups in total. The second-order valence-corrected chi connectivity index (χ2v) is 3.12. The monoisotopic (exact) mass is 171 g/mol. The van der Waals surface area contributed by atoms with Gasteiger partial charge in [0, 0.05) is 13.0 Å². The Kier molecular flexibility index (Phi) is 4.59. The maximum absolute atomic E-state index is 10.9. The summed E-state index contributed by atoms with van der Waals surface area (Å²) in [4.78, 5) is 10.9. The summed E-state index contributed by atoms with van der Waals surface area (Å²) in [5.74, 6) is -0.0984. The van der Waals surface area contributed by atoms with E-state index >= 15 is 0 Å². The second kappa shape index (κ2) is 4.93. The summed E-state index contributed by atoms with van der Waals surface area (Å²) in [5, 5.41) is 12.1. The number of hydrogen-bond acceptors (Lipinski definition) is 2. The van der Waals surface area contributed by atoms with Crippen molar-refractivity contribution in [2.24, 2.45) is 0 Å². The summed E-state index contributed by atoms with van der Waals surface area (Å²) in [6, 6.07) is 0. The molecule has 12 heavy (non-hydrogen) atoms. The first-order valence-corrected chi connectivity index (χ1v) is 4.12. The fourth-order valence-corrected chi connectivity index (χ4v) is 0.617. The Morgan fingerprint density at radius 1 is 1.75 bits per heavy atom. The fraction of sp³-hybridized carbons (Fsp3) is 0.667. The maximum Gasteiger partial charge on any atom is 0.223 e. The zero-order chi connectivity index (χ0) is 9.61. The molecule has 0 fully saturated rings. The van der Waals surface area contributed by atoms with Crippen molar-refractivity contribution in [1.29, 1.82) is 0 Å². The average Bonchev–Trinajstić information content (AvgIpc) is 2.02. The molecule has 0 saturated heterocycles. The van der Waals surface area contributed by atoms with E-state index in [-0.39, 0.29) is 5.91 Å².